The Morgan fingerprint density at radius 3 is 2.29 bits per heavy atom. The SMILES string of the molecule is CCc1c(OC)ccc(OC)c1C(C)CC=O. The summed E-state index contributed by atoms with van der Waals surface area (Å²) in [5, 5.41) is 0. The van der Waals surface area contributed by atoms with Crippen LogP contribution in [-0.4, -0.2) is 20.5 Å². The van der Waals surface area contributed by atoms with Crippen LogP contribution in [0.1, 0.15) is 37.3 Å². The van der Waals surface area contributed by atoms with Crippen LogP contribution in [0, 0.1) is 0 Å². The minimum absolute atomic E-state index is 0.146. The predicted molar refractivity (Wildman–Crippen MR) is 68.0 cm³/mol. The van der Waals surface area contributed by atoms with Gasteiger partial charge in [0.2, 0.25) is 0 Å². The molecule has 0 saturated heterocycles. The Balaban J connectivity index is 3.33. The van der Waals surface area contributed by atoms with Crippen molar-refractivity contribution in [2.75, 3.05) is 14.2 Å². The highest BCUT2D eigenvalue weighted by Gasteiger charge is 2.18. The topological polar surface area (TPSA) is 35.5 Å². The molecule has 0 aliphatic rings. The second kappa shape index (κ2) is 6.28. The van der Waals surface area contributed by atoms with Crippen LogP contribution in [-0.2, 0) is 11.2 Å². The van der Waals surface area contributed by atoms with Gasteiger partial charge in [0.05, 0.1) is 14.2 Å². The summed E-state index contributed by atoms with van der Waals surface area (Å²) in [6.07, 6.45) is 2.30. The number of aldehydes is 1. The van der Waals surface area contributed by atoms with Gasteiger partial charge in [0.15, 0.2) is 0 Å². The molecule has 0 aliphatic carbocycles. The Morgan fingerprint density at radius 1 is 1.24 bits per heavy atom. The maximum Gasteiger partial charge on any atom is 0.122 e. The molecule has 0 aliphatic heterocycles. The second-order valence-electron chi connectivity index (χ2n) is 4.02. The van der Waals surface area contributed by atoms with E-state index >= 15 is 0 Å². The zero-order valence-electron chi connectivity index (χ0n) is 10.9. The predicted octanol–water partition coefficient (Wildman–Crippen LogP) is 2.96. The molecule has 0 spiro atoms. The third-order valence-electron chi connectivity index (χ3n) is 3.01. The van der Waals surface area contributed by atoms with Crippen LogP contribution >= 0.6 is 0 Å². The first kappa shape index (κ1) is 13.6. The van der Waals surface area contributed by atoms with E-state index in [-0.39, 0.29) is 5.92 Å². The van der Waals surface area contributed by atoms with Gasteiger partial charge in [-0.3, -0.25) is 0 Å². The minimum atomic E-state index is 0.146. The average Bonchev–Trinajstić information content (AvgIpc) is 2.36. The highest BCUT2D eigenvalue weighted by Crippen LogP contribution is 2.37. The summed E-state index contributed by atoms with van der Waals surface area (Å²) in [5.74, 6) is 1.84. The van der Waals surface area contributed by atoms with Gasteiger partial charge in [-0.1, -0.05) is 13.8 Å². The lowest BCUT2D eigenvalue weighted by molar-refractivity contribution is -0.108. The molecule has 94 valence electrons. The molecule has 0 bridgehead atoms. The number of hydrogen-bond donors (Lipinski definition) is 0. The van der Waals surface area contributed by atoms with Gasteiger partial charge in [-0.25, -0.2) is 0 Å². The zero-order chi connectivity index (χ0) is 12.8. The van der Waals surface area contributed by atoms with E-state index in [4.69, 9.17) is 9.47 Å². The van der Waals surface area contributed by atoms with Gasteiger partial charge < -0.3 is 14.3 Å². The van der Waals surface area contributed by atoms with Crippen molar-refractivity contribution in [2.45, 2.75) is 32.6 Å². The highest BCUT2D eigenvalue weighted by molar-refractivity contribution is 5.56. The molecule has 1 unspecified atom stereocenters. The third-order valence-corrected chi connectivity index (χ3v) is 3.01. The van der Waals surface area contributed by atoms with Crippen molar-refractivity contribution in [1.82, 2.24) is 0 Å². The Labute approximate surface area is 103 Å². The van der Waals surface area contributed by atoms with Gasteiger partial charge >= 0.3 is 0 Å². The summed E-state index contributed by atoms with van der Waals surface area (Å²) < 4.78 is 10.7. The van der Waals surface area contributed by atoms with E-state index in [0.717, 1.165) is 35.3 Å². The first-order valence-corrected chi connectivity index (χ1v) is 5.86. The highest BCUT2D eigenvalue weighted by atomic mass is 16.5. The van der Waals surface area contributed by atoms with E-state index in [0.29, 0.717) is 6.42 Å². The largest absolute Gasteiger partial charge is 0.496 e. The van der Waals surface area contributed by atoms with Gasteiger partial charge in [0.1, 0.15) is 17.8 Å². The van der Waals surface area contributed by atoms with Crippen LogP contribution in [0.5, 0.6) is 11.5 Å². The van der Waals surface area contributed by atoms with E-state index in [2.05, 4.69) is 6.92 Å². The van der Waals surface area contributed by atoms with Crippen LogP contribution in [0.25, 0.3) is 0 Å². The van der Waals surface area contributed by atoms with Crippen LogP contribution in [0.4, 0.5) is 0 Å². The van der Waals surface area contributed by atoms with E-state index in [1.807, 2.05) is 19.1 Å². The van der Waals surface area contributed by atoms with Crippen molar-refractivity contribution in [1.29, 1.82) is 0 Å². The van der Waals surface area contributed by atoms with E-state index < -0.39 is 0 Å². The number of carbonyl (C=O) groups is 1. The second-order valence-corrected chi connectivity index (χ2v) is 4.02. The van der Waals surface area contributed by atoms with E-state index in [1.165, 1.54) is 0 Å². The summed E-state index contributed by atoms with van der Waals surface area (Å²) in [6.45, 7) is 4.11. The number of methoxy groups -OCH3 is 2. The monoisotopic (exact) mass is 236 g/mol. The Bertz CT molecular complexity index is 385. The van der Waals surface area contributed by atoms with Gasteiger partial charge in [0, 0.05) is 17.5 Å². The molecule has 17 heavy (non-hydrogen) atoms. The van der Waals surface area contributed by atoms with Crippen molar-refractivity contribution in [3.8, 4) is 11.5 Å². The Kier molecular flexibility index (Phi) is 5.01. The first-order valence-electron chi connectivity index (χ1n) is 5.86. The number of hydrogen-bond acceptors (Lipinski definition) is 3. The molecule has 0 heterocycles. The molecule has 0 N–H and O–H groups in total. The zero-order valence-corrected chi connectivity index (χ0v) is 10.9. The molecule has 1 rings (SSSR count). The van der Waals surface area contributed by atoms with E-state index in [1.54, 1.807) is 14.2 Å². The quantitative estimate of drug-likeness (QED) is 0.712. The summed E-state index contributed by atoms with van der Waals surface area (Å²) in [4.78, 5) is 10.7. The van der Waals surface area contributed by atoms with Gasteiger partial charge in [-0.2, -0.15) is 0 Å². The molecule has 0 amide bonds. The van der Waals surface area contributed by atoms with Crippen molar-refractivity contribution in [3.05, 3.63) is 23.3 Å². The van der Waals surface area contributed by atoms with E-state index in [9.17, 15) is 4.79 Å². The number of ether oxygens (including phenoxy) is 2. The van der Waals surface area contributed by atoms with Crippen LogP contribution in [0.2, 0.25) is 0 Å². The summed E-state index contributed by atoms with van der Waals surface area (Å²) in [7, 11) is 3.31. The first-order chi connectivity index (χ1) is 8.19. The molecular formula is C14H20O3. The number of rotatable bonds is 6. The molecule has 0 radical (unpaired) electrons. The Morgan fingerprint density at radius 2 is 1.82 bits per heavy atom. The maximum absolute atomic E-state index is 10.7. The van der Waals surface area contributed by atoms with Crippen molar-refractivity contribution >= 4 is 6.29 Å². The standard InChI is InChI=1S/C14H20O3/c1-5-11-12(16-3)6-7-13(17-4)14(11)10(2)8-9-15/h6-7,9-10H,5,8H2,1-4H3. The summed E-state index contributed by atoms with van der Waals surface area (Å²) in [5.41, 5.74) is 2.21. The normalized spacial score (nSPS) is 12.0. The van der Waals surface area contributed by atoms with Crippen molar-refractivity contribution in [3.63, 3.8) is 0 Å². The fraction of sp³-hybridized carbons (Fsp3) is 0.500. The van der Waals surface area contributed by atoms with Crippen molar-refractivity contribution in [2.24, 2.45) is 0 Å². The third kappa shape index (κ3) is 2.78. The molecular weight excluding hydrogens is 216 g/mol. The van der Waals surface area contributed by atoms with Crippen LogP contribution in [0.3, 0.4) is 0 Å². The fourth-order valence-corrected chi connectivity index (χ4v) is 2.16. The fourth-order valence-electron chi connectivity index (χ4n) is 2.16. The van der Waals surface area contributed by atoms with Crippen LogP contribution in [0.15, 0.2) is 12.1 Å². The number of carbonyl (C=O) groups excluding carboxylic acids is 1. The lowest BCUT2D eigenvalue weighted by Crippen LogP contribution is -2.05. The average molecular weight is 236 g/mol. The van der Waals surface area contributed by atoms with Gasteiger partial charge in [-0.15, -0.1) is 0 Å². The van der Waals surface area contributed by atoms with Crippen molar-refractivity contribution < 1.29 is 14.3 Å². The van der Waals surface area contributed by atoms with Crippen LogP contribution < -0.4 is 9.47 Å². The van der Waals surface area contributed by atoms with Gasteiger partial charge in [0.25, 0.3) is 0 Å². The number of benzene rings is 1. The smallest absolute Gasteiger partial charge is 0.122 e. The molecule has 0 saturated carbocycles. The molecule has 3 nitrogen and oxygen atoms in total. The maximum atomic E-state index is 10.7. The Hall–Kier alpha value is -1.51. The molecule has 3 heteroatoms. The molecule has 1 atom stereocenters. The molecule has 0 fully saturated rings. The van der Waals surface area contributed by atoms with Gasteiger partial charge in [-0.05, 0) is 24.5 Å². The molecule has 1 aromatic carbocycles. The molecule has 0 aromatic heterocycles. The lowest BCUT2D eigenvalue weighted by Gasteiger charge is -2.20. The summed E-state index contributed by atoms with van der Waals surface area (Å²) in [6, 6.07) is 3.81. The lowest BCUT2D eigenvalue weighted by atomic mass is 9.90. The summed E-state index contributed by atoms with van der Waals surface area (Å²) >= 11 is 0. The molecule has 1 aromatic rings. The minimum Gasteiger partial charge on any atom is -0.496 e.